The van der Waals surface area contributed by atoms with Gasteiger partial charge < -0.3 is 20.2 Å². The highest BCUT2D eigenvalue weighted by Crippen LogP contribution is 2.26. The Hall–Kier alpha value is -3.44. The Labute approximate surface area is 207 Å². The molecule has 1 aromatic carbocycles. The number of allylic oxidation sites excluding steroid dienone is 1. The predicted octanol–water partition coefficient (Wildman–Crippen LogP) is 3.69. The second-order valence-corrected chi connectivity index (χ2v) is 8.73. The minimum atomic E-state index is -4.80. The van der Waals surface area contributed by atoms with Crippen LogP contribution in [0.3, 0.4) is 0 Å². The smallest absolute Gasteiger partial charge is 0.406 e. The number of amides is 3. The van der Waals surface area contributed by atoms with Gasteiger partial charge in [0.15, 0.2) is 5.76 Å². The number of alkyl halides is 3. The van der Waals surface area contributed by atoms with E-state index < -0.39 is 18.0 Å². The maximum atomic E-state index is 12.6. The molecule has 1 unspecified atom stereocenters. The van der Waals surface area contributed by atoms with Gasteiger partial charge in [-0.15, -0.1) is 13.2 Å². The molecule has 0 saturated heterocycles. The fraction of sp³-hybridized carbons (Fsp3) is 0.542. The molecule has 36 heavy (non-hydrogen) atoms. The molecule has 3 amide bonds. The van der Waals surface area contributed by atoms with Crippen LogP contribution in [0.1, 0.15) is 68.6 Å². The third-order valence-electron chi connectivity index (χ3n) is 5.97. The highest BCUT2D eigenvalue weighted by molar-refractivity contribution is 5.94. The highest BCUT2D eigenvalue weighted by Gasteiger charge is 2.31. The molecular weight excluding hydrogens is 481 g/mol. The Morgan fingerprint density at radius 2 is 1.92 bits per heavy atom. The maximum Gasteiger partial charge on any atom is 0.573 e. The van der Waals surface area contributed by atoms with E-state index in [9.17, 15) is 27.6 Å². The molecule has 1 saturated carbocycles. The third kappa shape index (κ3) is 8.35. The highest BCUT2D eigenvalue weighted by atomic mass is 19.4. The van der Waals surface area contributed by atoms with Gasteiger partial charge in [-0.3, -0.25) is 19.8 Å². The summed E-state index contributed by atoms with van der Waals surface area (Å²) in [5, 5.41) is 6.88. The molecule has 3 rings (SSSR count). The molecule has 198 valence electrons. The first kappa shape index (κ1) is 27.2. The van der Waals surface area contributed by atoms with Gasteiger partial charge >= 0.3 is 6.36 Å². The zero-order valence-corrected chi connectivity index (χ0v) is 20.0. The van der Waals surface area contributed by atoms with Crippen molar-refractivity contribution >= 4 is 17.7 Å². The van der Waals surface area contributed by atoms with Gasteiger partial charge in [0, 0.05) is 36.9 Å². The number of hydrogen-bond acceptors (Lipinski definition) is 6. The van der Waals surface area contributed by atoms with Gasteiger partial charge in [-0.25, -0.2) is 0 Å². The standard InChI is InChI=1S/C24H31F3N4O5/c1-2-19-15-29-31(36-19)21(32)8-3-4-13-28-22(33)17-6-5-7-18(14-17)30-23(34)16-9-11-20(12-10-16)35-24(25,26)27/h9-12,15,17-18,29H,2-8,13-14H2,1H3,(H,28,33)(H,30,34)/t17?,18-/m0/s1. The lowest BCUT2D eigenvalue weighted by Crippen LogP contribution is -2.42. The summed E-state index contributed by atoms with van der Waals surface area (Å²) in [5.74, 6) is -0.645. The lowest BCUT2D eigenvalue weighted by molar-refractivity contribution is -0.274. The summed E-state index contributed by atoms with van der Waals surface area (Å²) >= 11 is 0. The lowest BCUT2D eigenvalue weighted by atomic mass is 9.85. The van der Waals surface area contributed by atoms with Gasteiger partial charge in [0.05, 0.1) is 6.20 Å². The molecule has 9 nitrogen and oxygen atoms in total. The molecule has 2 atom stereocenters. The number of rotatable bonds is 10. The average Bonchev–Trinajstić information content (AvgIpc) is 3.33. The molecule has 1 aliphatic carbocycles. The van der Waals surface area contributed by atoms with Crippen molar-refractivity contribution in [1.82, 2.24) is 21.2 Å². The fourth-order valence-corrected chi connectivity index (χ4v) is 4.08. The molecule has 12 heteroatoms. The van der Waals surface area contributed by atoms with E-state index in [0.29, 0.717) is 50.8 Å². The molecule has 3 N–H and O–H groups in total. The number of ether oxygens (including phenoxy) is 1. The SMILES string of the molecule is CCC1=CNN(C(=O)CCCCNC(=O)C2CCC[C@H](NC(=O)c3ccc(OC(F)(F)F)cc3)C2)O1. The number of nitrogens with zero attached hydrogens (tertiary/aromatic N) is 1. The van der Waals surface area contributed by atoms with E-state index in [1.807, 2.05) is 6.92 Å². The summed E-state index contributed by atoms with van der Waals surface area (Å²) in [6, 6.07) is 4.49. The molecule has 0 spiro atoms. The minimum Gasteiger partial charge on any atom is -0.406 e. The second kappa shape index (κ2) is 12.5. The Morgan fingerprint density at radius 3 is 2.58 bits per heavy atom. The van der Waals surface area contributed by atoms with Gasteiger partial charge in [-0.05, 0) is 56.4 Å². The van der Waals surface area contributed by atoms with Crippen molar-refractivity contribution in [1.29, 1.82) is 0 Å². The third-order valence-corrected chi connectivity index (χ3v) is 5.97. The number of benzene rings is 1. The molecular formula is C24H31F3N4O5. The van der Waals surface area contributed by atoms with Crippen LogP contribution in [-0.4, -0.2) is 41.8 Å². The van der Waals surface area contributed by atoms with Gasteiger partial charge in [-0.1, -0.05) is 18.5 Å². The molecule has 1 heterocycles. The van der Waals surface area contributed by atoms with Crippen molar-refractivity contribution in [2.45, 2.75) is 70.7 Å². The number of hydroxylamine groups is 1. The van der Waals surface area contributed by atoms with Gasteiger partial charge in [0.25, 0.3) is 11.8 Å². The van der Waals surface area contributed by atoms with E-state index in [1.165, 1.54) is 12.1 Å². The number of halogens is 3. The Kier molecular flexibility index (Phi) is 9.43. The van der Waals surface area contributed by atoms with Crippen LogP contribution in [0, 0.1) is 5.92 Å². The monoisotopic (exact) mass is 512 g/mol. The van der Waals surface area contributed by atoms with E-state index in [1.54, 1.807) is 6.20 Å². The first-order valence-electron chi connectivity index (χ1n) is 12.0. The van der Waals surface area contributed by atoms with Gasteiger partial charge in [-0.2, -0.15) is 0 Å². The zero-order valence-electron chi connectivity index (χ0n) is 20.0. The summed E-state index contributed by atoms with van der Waals surface area (Å²) < 4.78 is 40.7. The number of hydrogen-bond donors (Lipinski definition) is 3. The topological polar surface area (TPSA) is 109 Å². The van der Waals surface area contributed by atoms with Crippen molar-refractivity contribution in [3.63, 3.8) is 0 Å². The summed E-state index contributed by atoms with van der Waals surface area (Å²) in [7, 11) is 0. The number of hydrazine groups is 1. The largest absolute Gasteiger partial charge is 0.573 e. The summed E-state index contributed by atoms with van der Waals surface area (Å²) in [6.45, 7) is 2.37. The molecule has 1 aromatic rings. The minimum absolute atomic E-state index is 0.0877. The van der Waals surface area contributed by atoms with Gasteiger partial charge in [0.1, 0.15) is 5.75 Å². The van der Waals surface area contributed by atoms with Crippen molar-refractivity contribution in [3.05, 3.63) is 41.8 Å². The Bertz CT molecular complexity index is 952. The van der Waals surface area contributed by atoms with Crippen LogP contribution >= 0.6 is 0 Å². The summed E-state index contributed by atoms with van der Waals surface area (Å²) in [5.41, 5.74) is 2.96. The van der Waals surface area contributed by atoms with Gasteiger partial charge in [0.2, 0.25) is 5.91 Å². The van der Waals surface area contributed by atoms with Crippen LogP contribution in [0.15, 0.2) is 36.2 Å². The number of carbonyl (C=O) groups excluding carboxylic acids is 3. The van der Waals surface area contributed by atoms with Crippen LogP contribution in [-0.2, 0) is 14.4 Å². The normalized spacial score (nSPS) is 19.6. The lowest BCUT2D eigenvalue weighted by Gasteiger charge is -2.29. The Morgan fingerprint density at radius 1 is 1.17 bits per heavy atom. The molecule has 0 radical (unpaired) electrons. The zero-order chi connectivity index (χ0) is 26.1. The number of nitrogens with one attached hydrogen (secondary N) is 3. The van der Waals surface area contributed by atoms with Crippen LogP contribution in [0.4, 0.5) is 13.2 Å². The predicted molar refractivity (Wildman–Crippen MR) is 123 cm³/mol. The van der Waals surface area contributed by atoms with E-state index in [-0.39, 0.29) is 35.8 Å². The van der Waals surface area contributed by atoms with E-state index in [2.05, 4.69) is 20.8 Å². The Balaban J connectivity index is 1.34. The molecule has 0 aromatic heterocycles. The number of unbranched alkanes of at least 4 members (excludes halogenated alkanes) is 1. The van der Waals surface area contributed by atoms with Crippen LogP contribution in [0.25, 0.3) is 0 Å². The van der Waals surface area contributed by atoms with E-state index in [0.717, 1.165) is 23.7 Å². The fourth-order valence-electron chi connectivity index (χ4n) is 4.08. The molecule has 2 aliphatic rings. The molecule has 0 bridgehead atoms. The summed E-state index contributed by atoms with van der Waals surface area (Å²) in [6.07, 6.45) is 1.73. The second-order valence-electron chi connectivity index (χ2n) is 8.73. The first-order chi connectivity index (χ1) is 17.1. The van der Waals surface area contributed by atoms with Crippen molar-refractivity contribution in [3.8, 4) is 5.75 Å². The molecule has 1 fully saturated rings. The quantitative estimate of drug-likeness (QED) is 0.413. The van der Waals surface area contributed by atoms with Crippen molar-refractivity contribution < 1.29 is 37.1 Å². The molecule has 1 aliphatic heterocycles. The maximum absolute atomic E-state index is 12.6. The van der Waals surface area contributed by atoms with E-state index in [4.69, 9.17) is 4.84 Å². The number of carbonyl (C=O) groups is 3. The summed E-state index contributed by atoms with van der Waals surface area (Å²) in [4.78, 5) is 42.5. The van der Waals surface area contributed by atoms with E-state index >= 15 is 0 Å². The van der Waals surface area contributed by atoms with Crippen LogP contribution in [0.5, 0.6) is 5.75 Å². The van der Waals surface area contributed by atoms with Crippen molar-refractivity contribution in [2.75, 3.05) is 6.54 Å². The van der Waals surface area contributed by atoms with Crippen LogP contribution < -0.4 is 20.8 Å². The first-order valence-corrected chi connectivity index (χ1v) is 12.0. The van der Waals surface area contributed by atoms with Crippen LogP contribution in [0.2, 0.25) is 0 Å². The average molecular weight is 513 g/mol. The van der Waals surface area contributed by atoms with Crippen molar-refractivity contribution in [2.24, 2.45) is 5.92 Å².